The van der Waals surface area contributed by atoms with Crippen LogP contribution in [0.5, 0.6) is 0 Å². The van der Waals surface area contributed by atoms with E-state index < -0.39 is 15.9 Å². The number of nitrogens with one attached hydrogen (secondary N) is 1. The maximum atomic E-state index is 12.5. The van der Waals surface area contributed by atoms with Crippen molar-refractivity contribution in [3.8, 4) is 0 Å². The summed E-state index contributed by atoms with van der Waals surface area (Å²) in [6.07, 6.45) is 1.72. The van der Waals surface area contributed by atoms with Gasteiger partial charge in [0.2, 0.25) is 15.9 Å². The zero-order valence-electron chi connectivity index (χ0n) is 14.4. The van der Waals surface area contributed by atoms with E-state index in [1.54, 1.807) is 0 Å². The fourth-order valence-electron chi connectivity index (χ4n) is 2.52. The highest BCUT2D eigenvalue weighted by atomic mass is 35.5. The van der Waals surface area contributed by atoms with E-state index in [1.165, 1.54) is 18.2 Å². The van der Waals surface area contributed by atoms with Crippen LogP contribution in [0.1, 0.15) is 24.9 Å². The smallest absolute Gasteiger partial charge is 0.241 e. The maximum absolute atomic E-state index is 12.5. The summed E-state index contributed by atoms with van der Waals surface area (Å²) in [7, 11) is -3.68. The van der Waals surface area contributed by atoms with Gasteiger partial charge in [-0.25, -0.2) is 8.42 Å². The molecule has 0 bridgehead atoms. The molecule has 0 spiro atoms. The molecule has 2 rings (SSSR count). The number of amides is 1. The molecule has 0 saturated heterocycles. The van der Waals surface area contributed by atoms with Gasteiger partial charge < -0.3 is 5.32 Å². The van der Waals surface area contributed by atoms with Gasteiger partial charge in [-0.1, -0.05) is 60.5 Å². The van der Waals surface area contributed by atoms with Crippen molar-refractivity contribution in [2.24, 2.45) is 0 Å². The average molecular weight is 415 g/mol. The van der Waals surface area contributed by atoms with Gasteiger partial charge in [-0.05, 0) is 30.2 Å². The minimum Gasteiger partial charge on any atom is -0.348 e. The number of hydrogen-bond donors (Lipinski definition) is 1. The summed E-state index contributed by atoms with van der Waals surface area (Å²) in [5, 5.41) is 3.40. The number of hydrogen-bond acceptors (Lipinski definition) is 3. The third kappa shape index (κ3) is 5.37. The largest absolute Gasteiger partial charge is 0.348 e. The van der Waals surface area contributed by atoms with Crippen LogP contribution in [0.3, 0.4) is 0 Å². The van der Waals surface area contributed by atoms with Gasteiger partial charge in [0.05, 0.1) is 28.0 Å². The van der Waals surface area contributed by atoms with E-state index in [2.05, 4.69) is 5.32 Å². The molecule has 1 N–H and O–H groups in total. The summed E-state index contributed by atoms with van der Waals surface area (Å²) in [6, 6.07) is 13.7. The number of nitrogens with zero attached hydrogens (tertiary/aromatic N) is 1. The predicted octanol–water partition coefficient (Wildman–Crippen LogP) is 4.03. The second kappa shape index (κ2) is 8.75. The number of halogens is 2. The maximum Gasteiger partial charge on any atom is 0.241 e. The van der Waals surface area contributed by atoms with Crippen molar-refractivity contribution in [2.45, 2.75) is 19.4 Å². The highest BCUT2D eigenvalue weighted by Gasteiger charge is 2.23. The molecule has 1 amide bonds. The normalized spacial score (nSPS) is 12.5. The van der Waals surface area contributed by atoms with Gasteiger partial charge in [-0.3, -0.25) is 9.10 Å². The van der Waals surface area contributed by atoms with Crippen molar-refractivity contribution in [2.75, 3.05) is 17.1 Å². The standard InChI is InChI=1S/C18H20Cl2N2O3S/c1-3-17(13-7-5-4-6-8-13)21-18(23)12-22(26(2,24)25)14-9-10-15(19)16(20)11-14/h4-11,17H,3,12H2,1-2H3,(H,21,23)/t17-/m0/s1. The Morgan fingerprint density at radius 3 is 2.31 bits per heavy atom. The number of rotatable bonds is 7. The van der Waals surface area contributed by atoms with Crippen LogP contribution >= 0.6 is 23.2 Å². The number of carbonyl (C=O) groups excluding carboxylic acids is 1. The molecule has 8 heteroatoms. The molecule has 2 aromatic rings. The molecule has 26 heavy (non-hydrogen) atoms. The lowest BCUT2D eigenvalue weighted by molar-refractivity contribution is -0.120. The summed E-state index contributed by atoms with van der Waals surface area (Å²) in [5.74, 6) is -0.405. The molecule has 5 nitrogen and oxygen atoms in total. The monoisotopic (exact) mass is 414 g/mol. The molecule has 0 aromatic heterocycles. The van der Waals surface area contributed by atoms with Gasteiger partial charge in [0, 0.05) is 0 Å². The second-order valence-electron chi connectivity index (χ2n) is 5.81. The molecule has 0 fully saturated rings. The lowest BCUT2D eigenvalue weighted by Gasteiger charge is -2.24. The Hall–Kier alpha value is -1.76. The second-order valence-corrected chi connectivity index (χ2v) is 8.53. The molecule has 0 radical (unpaired) electrons. The Bertz CT molecular complexity index is 873. The molecule has 0 saturated carbocycles. The first kappa shape index (κ1) is 20.6. The average Bonchev–Trinajstić information content (AvgIpc) is 2.60. The number of benzene rings is 2. The van der Waals surface area contributed by atoms with E-state index in [4.69, 9.17) is 23.2 Å². The fraction of sp³-hybridized carbons (Fsp3) is 0.278. The van der Waals surface area contributed by atoms with E-state index in [0.29, 0.717) is 11.4 Å². The molecule has 0 heterocycles. The van der Waals surface area contributed by atoms with Gasteiger partial charge in [0.25, 0.3) is 0 Å². The van der Waals surface area contributed by atoms with Crippen LogP contribution in [0.2, 0.25) is 10.0 Å². The third-order valence-corrected chi connectivity index (χ3v) is 5.70. The Morgan fingerprint density at radius 1 is 1.12 bits per heavy atom. The zero-order chi connectivity index (χ0) is 19.3. The minimum absolute atomic E-state index is 0.195. The number of sulfonamides is 1. The molecule has 140 valence electrons. The van der Waals surface area contributed by atoms with Crippen molar-refractivity contribution in [3.63, 3.8) is 0 Å². The fourth-order valence-corrected chi connectivity index (χ4v) is 3.66. The number of anilines is 1. The molecule has 0 aliphatic rings. The van der Waals surface area contributed by atoms with Crippen molar-refractivity contribution < 1.29 is 13.2 Å². The van der Waals surface area contributed by atoms with Crippen LogP contribution in [0.4, 0.5) is 5.69 Å². The quantitative estimate of drug-likeness (QED) is 0.743. The van der Waals surface area contributed by atoms with E-state index in [9.17, 15) is 13.2 Å². The van der Waals surface area contributed by atoms with Crippen LogP contribution in [-0.2, 0) is 14.8 Å². The first-order valence-electron chi connectivity index (χ1n) is 7.99. The molecule has 0 aliphatic carbocycles. The number of carbonyl (C=O) groups is 1. The van der Waals surface area contributed by atoms with Crippen molar-refractivity contribution in [1.29, 1.82) is 0 Å². The van der Waals surface area contributed by atoms with Gasteiger partial charge in [-0.2, -0.15) is 0 Å². The SMILES string of the molecule is CC[C@H](NC(=O)CN(c1ccc(Cl)c(Cl)c1)S(C)(=O)=O)c1ccccc1. The van der Waals surface area contributed by atoms with Crippen molar-refractivity contribution in [1.82, 2.24) is 5.32 Å². The summed E-state index contributed by atoms with van der Waals surface area (Å²) >= 11 is 11.9. The molecule has 1 atom stereocenters. The minimum atomic E-state index is -3.68. The Balaban J connectivity index is 2.20. The van der Waals surface area contributed by atoms with E-state index in [1.807, 2.05) is 37.3 Å². The van der Waals surface area contributed by atoms with Crippen LogP contribution in [0, 0.1) is 0 Å². The first-order valence-corrected chi connectivity index (χ1v) is 10.6. The highest BCUT2D eigenvalue weighted by Crippen LogP contribution is 2.28. The molecular formula is C18H20Cl2N2O3S. The topological polar surface area (TPSA) is 66.5 Å². The van der Waals surface area contributed by atoms with E-state index >= 15 is 0 Å². The van der Waals surface area contributed by atoms with Gasteiger partial charge in [-0.15, -0.1) is 0 Å². The third-order valence-electron chi connectivity index (χ3n) is 3.82. The lowest BCUT2D eigenvalue weighted by Crippen LogP contribution is -2.41. The first-order chi connectivity index (χ1) is 12.2. The summed E-state index contributed by atoms with van der Waals surface area (Å²) in [5.41, 5.74) is 1.24. The van der Waals surface area contributed by atoms with E-state index in [0.717, 1.165) is 16.1 Å². The van der Waals surface area contributed by atoms with Crippen molar-refractivity contribution >= 4 is 44.8 Å². The van der Waals surface area contributed by atoms with Crippen molar-refractivity contribution in [3.05, 3.63) is 64.1 Å². The molecule has 2 aromatic carbocycles. The van der Waals surface area contributed by atoms with E-state index in [-0.39, 0.29) is 23.3 Å². The molecule has 0 aliphatic heterocycles. The van der Waals surface area contributed by atoms with Crippen LogP contribution < -0.4 is 9.62 Å². The summed E-state index contributed by atoms with van der Waals surface area (Å²) in [6.45, 7) is 1.60. The summed E-state index contributed by atoms with van der Waals surface area (Å²) < 4.78 is 25.3. The lowest BCUT2D eigenvalue weighted by atomic mass is 10.0. The van der Waals surface area contributed by atoms with Crippen LogP contribution in [0.15, 0.2) is 48.5 Å². The van der Waals surface area contributed by atoms with Crippen LogP contribution in [0.25, 0.3) is 0 Å². The summed E-state index contributed by atoms with van der Waals surface area (Å²) in [4.78, 5) is 12.5. The van der Waals surface area contributed by atoms with Gasteiger partial charge >= 0.3 is 0 Å². The zero-order valence-corrected chi connectivity index (χ0v) is 16.8. The molecular weight excluding hydrogens is 395 g/mol. The van der Waals surface area contributed by atoms with Crippen LogP contribution in [-0.4, -0.2) is 27.1 Å². The Morgan fingerprint density at radius 2 is 1.77 bits per heavy atom. The van der Waals surface area contributed by atoms with Gasteiger partial charge in [0.1, 0.15) is 6.54 Å². The Labute approximate surface area is 164 Å². The predicted molar refractivity (Wildman–Crippen MR) is 106 cm³/mol. The molecule has 0 unspecified atom stereocenters. The van der Waals surface area contributed by atoms with Gasteiger partial charge in [0.15, 0.2) is 0 Å². The highest BCUT2D eigenvalue weighted by molar-refractivity contribution is 7.92. The Kier molecular flexibility index (Phi) is 6.92.